The molecule has 6 heteroatoms. The molecule has 146 valence electrons. The number of likely N-dealkylation sites (tertiary alicyclic amines) is 1. The average molecular weight is 376 g/mol. The van der Waals surface area contributed by atoms with Crippen LogP contribution in [0.15, 0.2) is 34.7 Å². The van der Waals surface area contributed by atoms with E-state index in [0.29, 0.717) is 31.2 Å². The maximum atomic E-state index is 13.3. The fourth-order valence-electron chi connectivity index (χ4n) is 3.60. The van der Waals surface area contributed by atoms with Crippen molar-refractivity contribution in [2.24, 2.45) is 5.92 Å². The number of furan rings is 1. The van der Waals surface area contributed by atoms with Gasteiger partial charge in [0.15, 0.2) is 17.4 Å². The number of benzene rings is 1. The lowest BCUT2D eigenvalue weighted by molar-refractivity contribution is 0.0633. The molecule has 2 aromatic rings. The summed E-state index contributed by atoms with van der Waals surface area (Å²) in [6.45, 7) is 2.06. The molecule has 0 aliphatic carbocycles. The van der Waals surface area contributed by atoms with Crippen LogP contribution in [0.3, 0.4) is 0 Å². The highest BCUT2D eigenvalue weighted by Crippen LogP contribution is 2.24. The Labute approximate surface area is 158 Å². The highest BCUT2D eigenvalue weighted by molar-refractivity contribution is 5.91. The minimum Gasteiger partial charge on any atom is -0.455 e. The summed E-state index contributed by atoms with van der Waals surface area (Å²) in [4.78, 5) is 16.6. The Kier molecular flexibility index (Phi) is 6.26. The Morgan fingerprint density at radius 1 is 1.22 bits per heavy atom. The molecular weight excluding hydrogens is 350 g/mol. The minimum atomic E-state index is -0.819. The van der Waals surface area contributed by atoms with Crippen LogP contribution in [0.5, 0.6) is 0 Å². The van der Waals surface area contributed by atoms with Gasteiger partial charge in [-0.05, 0) is 75.5 Å². The van der Waals surface area contributed by atoms with Crippen molar-refractivity contribution in [3.05, 3.63) is 59.1 Å². The van der Waals surface area contributed by atoms with E-state index in [9.17, 15) is 13.6 Å². The van der Waals surface area contributed by atoms with Gasteiger partial charge >= 0.3 is 0 Å². The van der Waals surface area contributed by atoms with Gasteiger partial charge in [-0.25, -0.2) is 8.78 Å². The molecule has 0 spiro atoms. The number of aryl methyl sites for hydroxylation is 1. The van der Waals surface area contributed by atoms with E-state index in [-0.39, 0.29) is 5.91 Å². The molecule has 1 atom stereocenters. The van der Waals surface area contributed by atoms with Crippen molar-refractivity contribution in [2.45, 2.75) is 32.2 Å². The molecule has 1 aromatic carbocycles. The second kappa shape index (κ2) is 8.65. The summed E-state index contributed by atoms with van der Waals surface area (Å²) in [5.74, 6) is -0.188. The molecule has 1 aliphatic rings. The molecule has 0 saturated carbocycles. The van der Waals surface area contributed by atoms with Gasteiger partial charge in [0.05, 0.1) is 6.54 Å². The molecule has 1 amide bonds. The van der Waals surface area contributed by atoms with E-state index < -0.39 is 11.6 Å². The van der Waals surface area contributed by atoms with Crippen LogP contribution >= 0.6 is 0 Å². The van der Waals surface area contributed by atoms with Crippen LogP contribution in [0.1, 0.15) is 41.1 Å². The molecule has 4 nitrogen and oxygen atoms in total. The van der Waals surface area contributed by atoms with Crippen LogP contribution in [0.25, 0.3) is 0 Å². The standard InChI is InChI=1S/C21H26F2N2O2/c1-24(2)14-17-8-10-20(27-17)21(26)25-11-3-4-16(13-25)6-5-15-7-9-18(22)19(23)12-15/h7-10,12,16H,3-6,11,13-14H2,1-2H3. The molecule has 1 fully saturated rings. The van der Waals surface area contributed by atoms with Gasteiger partial charge in [0.2, 0.25) is 0 Å². The monoisotopic (exact) mass is 376 g/mol. The molecular formula is C21H26F2N2O2. The molecule has 1 saturated heterocycles. The number of halogens is 2. The summed E-state index contributed by atoms with van der Waals surface area (Å²) < 4.78 is 32.1. The van der Waals surface area contributed by atoms with Crippen LogP contribution in [0, 0.1) is 17.6 Å². The lowest BCUT2D eigenvalue weighted by Gasteiger charge is -2.32. The Balaban J connectivity index is 1.56. The van der Waals surface area contributed by atoms with Crippen molar-refractivity contribution in [1.29, 1.82) is 0 Å². The lowest BCUT2D eigenvalue weighted by atomic mass is 9.91. The maximum Gasteiger partial charge on any atom is 0.289 e. The van der Waals surface area contributed by atoms with Gasteiger partial charge in [-0.3, -0.25) is 4.79 Å². The average Bonchev–Trinajstić information content (AvgIpc) is 3.10. The first-order valence-electron chi connectivity index (χ1n) is 9.39. The van der Waals surface area contributed by atoms with E-state index in [1.165, 1.54) is 12.1 Å². The molecule has 0 bridgehead atoms. The first kappa shape index (κ1) is 19.5. The molecule has 1 unspecified atom stereocenters. The van der Waals surface area contributed by atoms with Crippen molar-refractivity contribution in [2.75, 3.05) is 27.2 Å². The lowest BCUT2D eigenvalue weighted by Crippen LogP contribution is -2.39. The number of rotatable bonds is 6. The highest BCUT2D eigenvalue weighted by Gasteiger charge is 2.26. The van der Waals surface area contributed by atoms with Crippen LogP contribution < -0.4 is 0 Å². The molecule has 3 rings (SSSR count). The third-order valence-corrected chi connectivity index (χ3v) is 4.98. The maximum absolute atomic E-state index is 13.3. The van der Waals surface area contributed by atoms with E-state index in [2.05, 4.69) is 0 Å². The quantitative estimate of drug-likeness (QED) is 0.762. The van der Waals surface area contributed by atoms with E-state index >= 15 is 0 Å². The Bertz CT molecular complexity index is 788. The Morgan fingerprint density at radius 3 is 2.78 bits per heavy atom. The molecule has 0 N–H and O–H groups in total. The first-order chi connectivity index (χ1) is 12.9. The van der Waals surface area contributed by atoms with Gasteiger partial charge in [0.1, 0.15) is 5.76 Å². The number of carbonyl (C=O) groups excluding carboxylic acids is 1. The van der Waals surface area contributed by atoms with E-state index in [4.69, 9.17) is 4.42 Å². The predicted molar refractivity (Wildman–Crippen MR) is 99.4 cm³/mol. The first-order valence-corrected chi connectivity index (χ1v) is 9.39. The largest absolute Gasteiger partial charge is 0.455 e. The summed E-state index contributed by atoms with van der Waals surface area (Å²) >= 11 is 0. The summed E-state index contributed by atoms with van der Waals surface area (Å²) in [5.41, 5.74) is 0.789. The fraction of sp³-hybridized carbons (Fsp3) is 0.476. The molecule has 0 radical (unpaired) electrons. The van der Waals surface area contributed by atoms with Crippen molar-refractivity contribution < 1.29 is 18.0 Å². The van der Waals surface area contributed by atoms with E-state index in [0.717, 1.165) is 37.1 Å². The van der Waals surface area contributed by atoms with Crippen LogP contribution in [0.2, 0.25) is 0 Å². The molecule has 1 aromatic heterocycles. The van der Waals surface area contributed by atoms with Crippen LogP contribution in [-0.2, 0) is 13.0 Å². The SMILES string of the molecule is CN(C)Cc1ccc(C(=O)N2CCCC(CCc3ccc(F)c(F)c3)C2)o1. The van der Waals surface area contributed by atoms with Crippen molar-refractivity contribution in [3.8, 4) is 0 Å². The van der Waals surface area contributed by atoms with Crippen molar-refractivity contribution in [1.82, 2.24) is 9.80 Å². The second-order valence-electron chi connectivity index (χ2n) is 7.55. The molecule has 2 heterocycles. The number of nitrogens with zero attached hydrogens (tertiary/aromatic N) is 2. The summed E-state index contributed by atoms with van der Waals surface area (Å²) in [6.07, 6.45) is 3.51. The number of piperidine rings is 1. The zero-order chi connectivity index (χ0) is 19.4. The van der Waals surface area contributed by atoms with Gasteiger partial charge < -0.3 is 14.2 Å². The van der Waals surface area contributed by atoms with Gasteiger partial charge in [-0.15, -0.1) is 0 Å². The second-order valence-corrected chi connectivity index (χ2v) is 7.55. The van der Waals surface area contributed by atoms with Gasteiger partial charge in [0, 0.05) is 13.1 Å². The van der Waals surface area contributed by atoms with Crippen LogP contribution in [0.4, 0.5) is 8.78 Å². The molecule has 27 heavy (non-hydrogen) atoms. The minimum absolute atomic E-state index is 0.0717. The Hall–Kier alpha value is -2.21. The van der Waals surface area contributed by atoms with E-state index in [1.807, 2.05) is 30.0 Å². The third-order valence-electron chi connectivity index (χ3n) is 4.98. The third kappa shape index (κ3) is 5.16. The van der Waals surface area contributed by atoms with Crippen molar-refractivity contribution in [3.63, 3.8) is 0 Å². The number of amides is 1. The fourth-order valence-corrected chi connectivity index (χ4v) is 3.60. The van der Waals surface area contributed by atoms with E-state index in [1.54, 1.807) is 12.1 Å². The van der Waals surface area contributed by atoms with Crippen molar-refractivity contribution >= 4 is 5.91 Å². The predicted octanol–water partition coefficient (Wildman–Crippen LogP) is 4.10. The summed E-state index contributed by atoms with van der Waals surface area (Å²) in [5, 5.41) is 0. The molecule has 1 aliphatic heterocycles. The zero-order valence-electron chi connectivity index (χ0n) is 15.9. The Morgan fingerprint density at radius 2 is 2.04 bits per heavy atom. The number of hydrogen-bond donors (Lipinski definition) is 0. The summed E-state index contributed by atoms with van der Waals surface area (Å²) in [7, 11) is 3.90. The van der Waals surface area contributed by atoms with Gasteiger partial charge in [-0.1, -0.05) is 6.07 Å². The number of hydrogen-bond acceptors (Lipinski definition) is 3. The van der Waals surface area contributed by atoms with Gasteiger partial charge in [-0.2, -0.15) is 0 Å². The summed E-state index contributed by atoms with van der Waals surface area (Å²) in [6, 6.07) is 7.64. The number of carbonyl (C=O) groups is 1. The normalized spacial score (nSPS) is 17.5. The topological polar surface area (TPSA) is 36.7 Å². The smallest absolute Gasteiger partial charge is 0.289 e. The van der Waals surface area contributed by atoms with Gasteiger partial charge in [0.25, 0.3) is 5.91 Å². The van der Waals surface area contributed by atoms with Crippen LogP contribution in [-0.4, -0.2) is 42.9 Å². The zero-order valence-corrected chi connectivity index (χ0v) is 15.9. The highest BCUT2D eigenvalue weighted by atomic mass is 19.2.